The van der Waals surface area contributed by atoms with Crippen LogP contribution in [0.1, 0.15) is 18.9 Å². The molecule has 9 heteroatoms. The number of hydrogen-bond donors (Lipinski definition) is 3. The lowest BCUT2D eigenvalue weighted by Gasteiger charge is -2.07. The summed E-state index contributed by atoms with van der Waals surface area (Å²) in [6, 6.07) is 1.63. The molecule has 20 heavy (non-hydrogen) atoms. The fourth-order valence-electron chi connectivity index (χ4n) is 1.63. The minimum atomic E-state index is -0.261. The zero-order valence-corrected chi connectivity index (χ0v) is 11.6. The van der Waals surface area contributed by atoms with Gasteiger partial charge in [0, 0.05) is 29.4 Å². The van der Waals surface area contributed by atoms with Crippen molar-refractivity contribution in [2.45, 2.75) is 29.9 Å². The monoisotopic (exact) mass is 294 g/mol. The van der Waals surface area contributed by atoms with E-state index in [9.17, 15) is 4.79 Å². The molecule has 0 aliphatic rings. The highest BCUT2D eigenvalue weighted by Crippen LogP contribution is 2.27. The molecule has 0 aromatic carbocycles. The molecule has 0 amide bonds. The highest BCUT2D eigenvalue weighted by Gasteiger charge is 2.14. The van der Waals surface area contributed by atoms with Crippen molar-refractivity contribution in [1.82, 2.24) is 19.7 Å². The van der Waals surface area contributed by atoms with Crippen LogP contribution in [0.25, 0.3) is 0 Å². The van der Waals surface area contributed by atoms with E-state index < -0.39 is 0 Å². The Bertz CT molecular complexity index is 678. The average molecular weight is 294 g/mol. The van der Waals surface area contributed by atoms with Gasteiger partial charge in [-0.25, -0.2) is 9.89 Å². The first-order chi connectivity index (χ1) is 9.67. The van der Waals surface area contributed by atoms with Gasteiger partial charge in [0.1, 0.15) is 0 Å². The molecule has 0 bridgehead atoms. The van der Waals surface area contributed by atoms with Crippen molar-refractivity contribution in [3.63, 3.8) is 0 Å². The van der Waals surface area contributed by atoms with Gasteiger partial charge < -0.3 is 10.9 Å². The van der Waals surface area contributed by atoms with Crippen LogP contribution in [-0.2, 0) is 6.54 Å². The van der Waals surface area contributed by atoms with Crippen LogP contribution >= 0.6 is 11.8 Å². The van der Waals surface area contributed by atoms with Crippen molar-refractivity contribution in [2.24, 2.45) is 10.9 Å². The first kappa shape index (κ1) is 14.1. The normalized spacial score (nSPS) is 11.8. The van der Waals surface area contributed by atoms with Gasteiger partial charge in [0.15, 0.2) is 11.0 Å². The molecule has 0 fully saturated rings. The van der Waals surface area contributed by atoms with Gasteiger partial charge in [0.05, 0.1) is 0 Å². The standard InChI is InChI=1S/C11H14N6O2S/c1-2-5-17-10(18)14-15-11(17)20-8-6-13-4-3-7(8)9(12)16-19/h3-4,6,19H,2,5H2,1H3,(H2,12,16)(H,14,18). The molecule has 0 saturated heterocycles. The number of nitrogens with zero attached hydrogens (tertiary/aromatic N) is 4. The third-order valence-electron chi connectivity index (χ3n) is 2.54. The number of amidine groups is 1. The summed E-state index contributed by atoms with van der Waals surface area (Å²) in [4.78, 5) is 16.3. The number of hydrogen-bond acceptors (Lipinski definition) is 6. The molecule has 0 aliphatic carbocycles. The Morgan fingerprint density at radius 3 is 3.15 bits per heavy atom. The fraction of sp³-hybridized carbons (Fsp3) is 0.273. The number of rotatable bonds is 5. The van der Waals surface area contributed by atoms with Gasteiger partial charge in [-0.2, -0.15) is 0 Å². The summed E-state index contributed by atoms with van der Waals surface area (Å²) < 4.78 is 1.54. The molecular formula is C11H14N6O2S. The number of nitrogens with two attached hydrogens (primary N) is 1. The quantitative estimate of drug-likeness (QED) is 0.321. The van der Waals surface area contributed by atoms with Crippen LogP contribution in [0.3, 0.4) is 0 Å². The molecule has 0 aliphatic heterocycles. The van der Waals surface area contributed by atoms with E-state index in [2.05, 4.69) is 20.3 Å². The van der Waals surface area contributed by atoms with Gasteiger partial charge in [0.2, 0.25) is 0 Å². The molecule has 106 valence electrons. The third kappa shape index (κ3) is 2.82. The van der Waals surface area contributed by atoms with Gasteiger partial charge in [-0.15, -0.1) is 5.10 Å². The van der Waals surface area contributed by atoms with E-state index in [0.717, 1.165) is 6.42 Å². The maximum atomic E-state index is 11.6. The summed E-state index contributed by atoms with van der Waals surface area (Å²) >= 11 is 1.23. The molecule has 0 unspecified atom stereocenters. The summed E-state index contributed by atoms with van der Waals surface area (Å²) in [5, 5.41) is 18.7. The topological polar surface area (TPSA) is 122 Å². The number of H-pyrrole nitrogens is 1. The van der Waals surface area contributed by atoms with Crippen molar-refractivity contribution in [1.29, 1.82) is 0 Å². The summed E-state index contributed by atoms with van der Waals surface area (Å²) in [5.41, 5.74) is 5.89. The summed E-state index contributed by atoms with van der Waals surface area (Å²) in [6.07, 6.45) is 3.93. The van der Waals surface area contributed by atoms with E-state index >= 15 is 0 Å². The van der Waals surface area contributed by atoms with Gasteiger partial charge in [-0.1, -0.05) is 12.1 Å². The van der Waals surface area contributed by atoms with E-state index in [0.29, 0.717) is 22.2 Å². The largest absolute Gasteiger partial charge is 0.409 e. The van der Waals surface area contributed by atoms with Crippen LogP contribution in [0.2, 0.25) is 0 Å². The van der Waals surface area contributed by atoms with E-state index in [4.69, 9.17) is 10.9 Å². The molecule has 8 nitrogen and oxygen atoms in total. The summed E-state index contributed by atoms with van der Waals surface area (Å²) in [5.74, 6) is -0.0187. The average Bonchev–Trinajstić information content (AvgIpc) is 2.80. The Labute approximate surface area is 118 Å². The lowest BCUT2D eigenvalue weighted by atomic mass is 10.2. The molecule has 0 saturated carbocycles. The molecule has 2 aromatic rings. The first-order valence-corrected chi connectivity index (χ1v) is 6.74. The van der Waals surface area contributed by atoms with Crippen molar-refractivity contribution in [3.05, 3.63) is 34.5 Å². The molecule has 2 aromatic heterocycles. The van der Waals surface area contributed by atoms with Crippen LogP contribution < -0.4 is 11.4 Å². The minimum Gasteiger partial charge on any atom is -0.409 e. The molecule has 0 radical (unpaired) electrons. The second-order valence-electron chi connectivity index (χ2n) is 3.92. The number of oxime groups is 1. The predicted octanol–water partition coefficient (Wildman–Crippen LogP) is 0.622. The van der Waals surface area contributed by atoms with Crippen LogP contribution in [0.4, 0.5) is 0 Å². The van der Waals surface area contributed by atoms with E-state index in [1.54, 1.807) is 18.5 Å². The smallest absolute Gasteiger partial charge is 0.343 e. The van der Waals surface area contributed by atoms with Gasteiger partial charge in [-0.3, -0.25) is 9.55 Å². The maximum Gasteiger partial charge on any atom is 0.343 e. The zero-order valence-electron chi connectivity index (χ0n) is 10.8. The van der Waals surface area contributed by atoms with Crippen LogP contribution in [-0.4, -0.2) is 30.8 Å². The lowest BCUT2D eigenvalue weighted by Crippen LogP contribution is -2.17. The molecule has 0 spiro atoms. The first-order valence-electron chi connectivity index (χ1n) is 5.92. The lowest BCUT2D eigenvalue weighted by molar-refractivity contribution is 0.318. The molecule has 2 heterocycles. The Kier molecular flexibility index (Phi) is 4.41. The molecule has 4 N–H and O–H groups in total. The second-order valence-corrected chi connectivity index (χ2v) is 4.93. The van der Waals surface area contributed by atoms with Crippen molar-refractivity contribution in [3.8, 4) is 0 Å². The van der Waals surface area contributed by atoms with Crippen molar-refractivity contribution >= 4 is 17.6 Å². The third-order valence-corrected chi connectivity index (χ3v) is 3.58. The fourth-order valence-corrected chi connectivity index (χ4v) is 2.60. The van der Waals surface area contributed by atoms with Gasteiger partial charge >= 0.3 is 5.69 Å². The Morgan fingerprint density at radius 2 is 2.45 bits per heavy atom. The van der Waals surface area contributed by atoms with Crippen LogP contribution in [0.15, 0.2) is 38.5 Å². The van der Waals surface area contributed by atoms with Crippen LogP contribution in [0.5, 0.6) is 0 Å². The minimum absolute atomic E-state index is 0.0187. The SMILES string of the molecule is CCCn1c(Sc2cnccc2/C(N)=N/O)n[nH]c1=O. The Hall–Kier alpha value is -2.29. The molecule has 2 rings (SSSR count). The summed E-state index contributed by atoms with van der Waals surface area (Å²) in [7, 11) is 0. The highest BCUT2D eigenvalue weighted by atomic mass is 32.2. The number of nitrogens with one attached hydrogen (secondary N) is 1. The van der Waals surface area contributed by atoms with E-state index in [1.165, 1.54) is 16.3 Å². The van der Waals surface area contributed by atoms with Crippen molar-refractivity contribution in [2.75, 3.05) is 0 Å². The number of aromatic amines is 1. The van der Waals surface area contributed by atoms with Gasteiger partial charge in [0.25, 0.3) is 0 Å². The highest BCUT2D eigenvalue weighted by molar-refractivity contribution is 7.99. The van der Waals surface area contributed by atoms with E-state index in [-0.39, 0.29) is 11.5 Å². The molecular weight excluding hydrogens is 280 g/mol. The van der Waals surface area contributed by atoms with Crippen LogP contribution in [0, 0.1) is 0 Å². The van der Waals surface area contributed by atoms with E-state index in [1.807, 2.05) is 6.92 Å². The predicted molar refractivity (Wildman–Crippen MR) is 74.0 cm³/mol. The Morgan fingerprint density at radius 1 is 1.65 bits per heavy atom. The maximum absolute atomic E-state index is 11.6. The van der Waals surface area contributed by atoms with Gasteiger partial charge in [-0.05, 0) is 24.2 Å². The second kappa shape index (κ2) is 6.24. The number of pyridine rings is 1. The number of aromatic nitrogens is 4. The Balaban J connectivity index is 2.38. The zero-order chi connectivity index (χ0) is 14.5. The molecule has 0 atom stereocenters. The summed E-state index contributed by atoms with van der Waals surface area (Å²) in [6.45, 7) is 2.54. The van der Waals surface area contributed by atoms with Crippen molar-refractivity contribution < 1.29 is 5.21 Å².